The number of halogens is 1. The summed E-state index contributed by atoms with van der Waals surface area (Å²) >= 11 is 1.69. The molecule has 0 fully saturated rings. The third-order valence-corrected chi connectivity index (χ3v) is 2.46. The van der Waals surface area contributed by atoms with Gasteiger partial charge in [0.1, 0.15) is 0 Å². The monoisotopic (exact) mass is 255 g/mol. The predicted molar refractivity (Wildman–Crippen MR) is 62.6 cm³/mol. The van der Waals surface area contributed by atoms with Crippen LogP contribution in [0.25, 0.3) is 11.3 Å². The Morgan fingerprint density at radius 2 is 1.85 bits per heavy atom. The van der Waals surface area contributed by atoms with E-state index < -0.39 is 0 Å². The molecule has 1 aromatic carbocycles. The van der Waals surface area contributed by atoms with E-state index in [1.54, 1.807) is 11.3 Å². The molecule has 1 aromatic heterocycles. The summed E-state index contributed by atoms with van der Waals surface area (Å²) in [5, 5.41) is 3.21. The van der Waals surface area contributed by atoms with Crippen molar-refractivity contribution in [1.29, 1.82) is 0 Å². The maximum atomic E-state index is 4.40. The molecule has 3 heteroatoms. The molecule has 0 spiro atoms. The van der Waals surface area contributed by atoms with Crippen molar-refractivity contribution < 1.29 is 0 Å². The first-order chi connectivity index (χ1) is 5.86. The third kappa shape index (κ3) is 2.39. The van der Waals surface area contributed by atoms with Crippen LogP contribution in [0.3, 0.4) is 0 Å². The molecular weight excluding hydrogens is 246 g/mol. The van der Waals surface area contributed by atoms with Crippen molar-refractivity contribution in [1.82, 2.24) is 4.98 Å². The van der Waals surface area contributed by atoms with Gasteiger partial charge in [0, 0.05) is 10.9 Å². The van der Waals surface area contributed by atoms with Crippen molar-refractivity contribution in [3.63, 3.8) is 0 Å². The second-order valence-corrected chi connectivity index (χ2v) is 3.68. The highest BCUT2D eigenvalue weighted by molar-refractivity contribution is 8.93. The predicted octanol–water partition coefficient (Wildman–Crippen LogP) is 3.70. The van der Waals surface area contributed by atoms with E-state index in [4.69, 9.17) is 0 Å². The summed E-state index contributed by atoms with van der Waals surface area (Å²) < 4.78 is 0. The Kier molecular flexibility index (Phi) is 3.63. The third-order valence-electron chi connectivity index (χ3n) is 1.69. The van der Waals surface area contributed by atoms with Crippen LogP contribution in [0.15, 0.2) is 35.7 Å². The highest BCUT2D eigenvalue weighted by Gasteiger charge is 1.99. The number of rotatable bonds is 1. The van der Waals surface area contributed by atoms with Crippen LogP contribution in [-0.4, -0.2) is 4.98 Å². The van der Waals surface area contributed by atoms with E-state index >= 15 is 0 Å². The molecule has 1 heterocycles. The maximum absolute atomic E-state index is 4.40. The molecule has 0 amide bonds. The fraction of sp³-hybridized carbons (Fsp3) is 0.100. The lowest BCUT2D eigenvalue weighted by Gasteiger charge is -1.92. The number of benzene rings is 1. The van der Waals surface area contributed by atoms with Crippen LogP contribution >= 0.6 is 28.3 Å². The molecule has 13 heavy (non-hydrogen) atoms. The minimum atomic E-state index is 0. The van der Waals surface area contributed by atoms with Crippen molar-refractivity contribution in [3.05, 3.63) is 40.7 Å². The van der Waals surface area contributed by atoms with E-state index in [1.807, 2.05) is 25.1 Å². The van der Waals surface area contributed by atoms with Crippen LogP contribution in [0, 0.1) is 6.92 Å². The minimum Gasteiger partial charge on any atom is -0.242 e. The van der Waals surface area contributed by atoms with Crippen LogP contribution in [0.2, 0.25) is 0 Å². The van der Waals surface area contributed by atoms with Gasteiger partial charge in [0.2, 0.25) is 0 Å². The molecule has 0 aliphatic heterocycles. The number of thiazole rings is 1. The molecule has 0 N–H and O–H groups in total. The Morgan fingerprint density at radius 1 is 1.15 bits per heavy atom. The normalized spacial score (nSPS) is 9.31. The number of hydrogen-bond donors (Lipinski definition) is 0. The van der Waals surface area contributed by atoms with E-state index in [0.29, 0.717) is 0 Å². The molecular formula is C10H10BrNS. The summed E-state index contributed by atoms with van der Waals surface area (Å²) in [4.78, 5) is 4.40. The molecule has 0 unspecified atom stereocenters. The molecule has 2 aromatic rings. The average Bonchev–Trinajstić information content (AvgIpc) is 2.54. The van der Waals surface area contributed by atoms with Gasteiger partial charge in [0.05, 0.1) is 10.7 Å². The molecule has 68 valence electrons. The van der Waals surface area contributed by atoms with Crippen LogP contribution in [-0.2, 0) is 0 Å². The summed E-state index contributed by atoms with van der Waals surface area (Å²) in [6, 6.07) is 10.2. The van der Waals surface area contributed by atoms with Crippen LogP contribution in [0.4, 0.5) is 0 Å². The lowest BCUT2D eigenvalue weighted by atomic mass is 10.2. The summed E-state index contributed by atoms with van der Waals surface area (Å²) in [6.07, 6.45) is 0. The van der Waals surface area contributed by atoms with Crippen molar-refractivity contribution >= 4 is 28.3 Å². The molecule has 0 radical (unpaired) electrons. The van der Waals surface area contributed by atoms with Gasteiger partial charge in [-0.2, -0.15) is 0 Å². The van der Waals surface area contributed by atoms with Gasteiger partial charge in [-0.3, -0.25) is 0 Å². The molecule has 0 aliphatic carbocycles. The number of nitrogens with zero attached hydrogens (tertiary/aromatic N) is 1. The van der Waals surface area contributed by atoms with Gasteiger partial charge in [-0.15, -0.1) is 28.3 Å². The lowest BCUT2D eigenvalue weighted by molar-refractivity contribution is 1.30. The van der Waals surface area contributed by atoms with Gasteiger partial charge in [0.15, 0.2) is 0 Å². The summed E-state index contributed by atoms with van der Waals surface area (Å²) in [6.45, 7) is 2.02. The minimum absolute atomic E-state index is 0. The zero-order valence-corrected chi connectivity index (χ0v) is 9.76. The Morgan fingerprint density at radius 3 is 2.38 bits per heavy atom. The van der Waals surface area contributed by atoms with E-state index in [2.05, 4.69) is 22.5 Å². The first kappa shape index (κ1) is 10.4. The summed E-state index contributed by atoms with van der Waals surface area (Å²) in [7, 11) is 0. The summed E-state index contributed by atoms with van der Waals surface area (Å²) in [5.41, 5.74) is 2.28. The second kappa shape index (κ2) is 4.53. The average molecular weight is 256 g/mol. The molecule has 2 rings (SSSR count). The number of hydrogen-bond acceptors (Lipinski definition) is 2. The fourth-order valence-electron chi connectivity index (χ4n) is 1.10. The smallest absolute Gasteiger partial charge is 0.0901 e. The topological polar surface area (TPSA) is 12.9 Å². The van der Waals surface area contributed by atoms with Gasteiger partial charge in [-0.05, 0) is 6.92 Å². The maximum Gasteiger partial charge on any atom is 0.0901 e. The Labute approximate surface area is 92.2 Å². The van der Waals surface area contributed by atoms with Crippen LogP contribution in [0.1, 0.15) is 5.01 Å². The fourth-order valence-corrected chi connectivity index (χ4v) is 1.73. The van der Waals surface area contributed by atoms with Crippen molar-refractivity contribution in [3.8, 4) is 11.3 Å². The first-order valence-electron chi connectivity index (χ1n) is 3.84. The van der Waals surface area contributed by atoms with Crippen LogP contribution in [0.5, 0.6) is 0 Å². The van der Waals surface area contributed by atoms with E-state index in [9.17, 15) is 0 Å². The van der Waals surface area contributed by atoms with Crippen molar-refractivity contribution in [2.45, 2.75) is 6.92 Å². The molecule has 0 aliphatic rings. The largest absolute Gasteiger partial charge is 0.242 e. The molecule has 0 bridgehead atoms. The summed E-state index contributed by atoms with van der Waals surface area (Å²) in [5.74, 6) is 0. The first-order valence-corrected chi connectivity index (χ1v) is 4.72. The number of aromatic nitrogens is 1. The Hall–Kier alpha value is -0.670. The van der Waals surface area contributed by atoms with E-state index in [1.165, 1.54) is 5.56 Å². The van der Waals surface area contributed by atoms with Gasteiger partial charge in [0.25, 0.3) is 0 Å². The second-order valence-electron chi connectivity index (χ2n) is 2.62. The van der Waals surface area contributed by atoms with Gasteiger partial charge < -0.3 is 0 Å². The van der Waals surface area contributed by atoms with Gasteiger partial charge in [-0.1, -0.05) is 30.3 Å². The zero-order chi connectivity index (χ0) is 8.39. The Bertz CT molecular complexity index is 369. The van der Waals surface area contributed by atoms with E-state index in [0.717, 1.165) is 10.7 Å². The van der Waals surface area contributed by atoms with Crippen LogP contribution < -0.4 is 0 Å². The zero-order valence-electron chi connectivity index (χ0n) is 7.23. The molecule has 0 saturated heterocycles. The lowest BCUT2D eigenvalue weighted by Crippen LogP contribution is -1.75. The standard InChI is InChI=1S/C10H9NS.BrH/c1-8-11-10(7-12-8)9-5-3-2-4-6-9;/h2-7H,1H3;1H. The highest BCUT2D eigenvalue weighted by atomic mass is 79.9. The Balaban J connectivity index is 0.000000845. The van der Waals surface area contributed by atoms with E-state index in [-0.39, 0.29) is 17.0 Å². The SMILES string of the molecule is Br.Cc1nc(-c2ccccc2)cs1. The van der Waals surface area contributed by atoms with Crippen molar-refractivity contribution in [2.75, 3.05) is 0 Å². The highest BCUT2D eigenvalue weighted by Crippen LogP contribution is 2.20. The molecule has 0 atom stereocenters. The number of aryl methyl sites for hydroxylation is 1. The van der Waals surface area contributed by atoms with Gasteiger partial charge >= 0.3 is 0 Å². The van der Waals surface area contributed by atoms with Gasteiger partial charge in [-0.25, -0.2) is 4.98 Å². The quantitative estimate of drug-likeness (QED) is 0.758. The van der Waals surface area contributed by atoms with Crippen molar-refractivity contribution in [2.24, 2.45) is 0 Å². The molecule has 0 saturated carbocycles. The molecule has 1 nitrogen and oxygen atoms in total.